The molecule has 1 fully saturated rings. The molecule has 4 atom stereocenters. The van der Waals surface area contributed by atoms with E-state index in [1.807, 2.05) is 30.3 Å². The van der Waals surface area contributed by atoms with Gasteiger partial charge in [0, 0.05) is 17.7 Å². The summed E-state index contributed by atoms with van der Waals surface area (Å²) in [5, 5.41) is 18.9. The number of carbonyl (C=O) groups is 1. The molecule has 1 aliphatic carbocycles. The third kappa shape index (κ3) is 5.99. The Bertz CT molecular complexity index is 493. The van der Waals surface area contributed by atoms with Gasteiger partial charge in [-0.15, -0.1) is 11.6 Å². The summed E-state index contributed by atoms with van der Waals surface area (Å²) in [7, 11) is 0. The Kier molecular flexibility index (Phi) is 7.86. The molecule has 134 valence electrons. The first-order valence-corrected chi connectivity index (χ1v) is 9.23. The lowest BCUT2D eigenvalue weighted by Gasteiger charge is -2.23. The molecule has 1 aromatic rings. The number of aliphatic hydroxyl groups is 1. The highest BCUT2D eigenvalue weighted by molar-refractivity contribution is 6.21. The first-order chi connectivity index (χ1) is 11.6. The maximum absolute atomic E-state index is 10.5. The van der Waals surface area contributed by atoms with Crippen molar-refractivity contribution in [1.29, 1.82) is 0 Å². The van der Waals surface area contributed by atoms with E-state index in [9.17, 15) is 9.90 Å². The normalized spacial score (nSPS) is 26.4. The van der Waals surface area contributed by atoms with Crippen LogP contribution in [0.4, 0.5) is 0 Å². The van der Waals surface area contributed by atoms with Gasteiger partial charge in [-0.05, 0) is 37.3 Å². The minimum absolute atomic E-state index is 0.0107. The first-order valence-electron chi connectivity index (χ1n) is 8.79. The lowest BCUT2D eigenvalue weighted by molar-refractivity contribution is -0.137. The molecule has 1 saturated carbocycles. The molecular weight excluding hydrogens is 328 g/mol. The van der Waals surface area contributed by atoms with Crippen LogP contribution in [0.3, 0.4) is 0 Å². The average Bonchev–Trinajstić information content (AvgIpc) is 2.83. The molecule has 2 rings (SSSR count). The number of hydrogen-bond acceptors (Lipinski definition) is 3. The highest BCUT2D eigenvalue weighted by Gasteiger charge is 2.41. The van der Waals surface area contributed by atoms with Gasteiger partial charge >= 0.3 is 5.97 Å². The molecule has 0 radical (unpaired) electrons. The summed E-state index contributed by atoms with van der Waals surface area (Å²) >= 11 is 6.44. The SMILES string of the molecule is O=C(O)CCCCCCC1C(Cl)CC(O)C1COc1ccccc1. The number of benzene rings is 1. The smallest absolute Gasteiger partial charge is 0.303 e. The summed E-state index contributed by atoms with van der Waals surface area (Å²) in [5.74, 6) is 0.402. The molecule has 1 aliphatic rings. The minimum atomic E-state index is -0.729. The second-order valence-electron chi connectivity index (χ2n) is 6.62. The standard InChI is InChI=1S/C19H27ClO4/c20-17-12-18(21)16(13-24-14-8-4-3-5-9-14)15(17)10-6-1-2-7-11-19(22)23/h3-5,8-9,15-18,21H,1-2,6-7,10-13H2,(H,22,23). The van der Waals surface area contributed by atoms with Gasteiger partial charge in [0.1, 0.15) is 5.75 Å². The van der Waals surface area contributed by atoms with Gasteiger partial charge in [0.25, 0.3) is 0 Å². The van der Waals surface area contributed by atoms with Gasteiger partial charge in [0.05, 0.1) is 12.7 Å². The number of hydrogen-bond donors (Lipinski definition) is 2. The van der Waals surface area contributed by atoms with Crippen molar-refractivity contribution in [3.05, 3.63) is 30.3 Å². The van der Waals surface area contributed by atoms with Crippen LogP contribution in [0.2, 0.25) is 0 Å². The van der Waals surface area contributed by atoms with Crippen LogP contribution in [0.5, 0.6) is 5.75 Å². The highest BCUT2D eigenvalue weighted by atomic mass is 35.5. The predicted octanol–water partition coefficient (Wildman–Crippen LogP) is 4.10. The van der Waals surface area contributed by atoms with E-state index in [2.05, 4.69) is 0 Å². The van der Waals surface area contributed by atoms with Gasteiger partial charge in [-0.1, -0.05) is 37.5 Å². The zero-order valence-corrected chi connectivity index (χ0v) is 14.7. The molecule has 0 amide bonds. The van der Waals surface area contributed by atoms with Crippen molar-refractivity contribution in [2.75, 3.05) is 6.61 Å². The topological polar surface area (TPSA) is 66.8 Å². The number of aliphatic hydroxyl groups excluding tert-OH is 1. The van der Waals surface area contributed by atoms with Crippen LogP contribution >= 0.6 is 11.6 Å². The molecule has 0 bridgehead atoms. The lowest BCUT2D eigenvalue weighted by atomic mass is 9.90. The summed E-state index contributed by atoms with van der Waals surface area (Å²) in [4.78, 5) is 10.5. The number of carboxylic acids is 1. The van der Waals surface area contributed by atoms with Crippen LogP contribution in [0.25, 0.3) is 0 Å². The van der Waals surface area contributed by atoms with Crippen molar-refractivity contribution in [3.8, 4) is 5.75 Å². The number of ether oxygens (including phenoxy) is 1. The third-order valence-electron chi connectivity index (χ3n) is 4.84. The Balaban J connectivity index is 1.75. The van der Waals surface area contributed by atoms with Crippen LogP contribution in [0.1, 0.15) is 44.9 Å². The molecule has 0 saturated heterocycles. The van der Waals surface area contributed by atoms with Crippen LogP contribution in [0.15, 0.2) is 30.3 Å². The van der Waals surface area contributed by atoms with Crippen LogP contribution < -0.4 is 4.74 Å². The number of carboxylic acid groups (broad SMARTS) is 1. The number of rotatable bonds is 10. The molecule has 0 heterocycles. The van der Waals surface area contributed by atoms with Gasteiger partial charge in [-0.3, -0.25) is 4.79 Å². The van der Waals surface area contributed by atoms with Crippen molar-refractivity contribution in [3.63, 3.8) is 0 Å². The molecule has 4 unspecified atom stereocenters. The fourth-order valence-corrected chi connectivity index (χ4v) is 3.98. The van der Waals surface area contributed by atoms with Gasteiger partial charge in [0.2, 0.25) is 0 Å². The van der Waals surface area contributed by atoms with Crippen molar-refractivity contribution in [2.45, 2.75) is 56.4 Å². The Morgan fingerprint density at radius 2 is 1.83 bits per heavy atom. The van der Waals surface area contributed by atoms with E-state index in [4.69, 9.17) is 21.4 Å². The summed E-state index contributed by atoms with van der Waals surface area (Å²) < 4.78 is 5.83. The molecule has 0 aromatic heterocycles. The van der Waals surface area contributed by atoms with Crippen LogP contribution in [-0.2, 0) is 4.79 Å². The van der Waals surface area contributed by atoms with Crippen molar-refractivity contribution < 1.29 is 19.7 Å². The van der Waals surface area contributed by atoms with Crippen molar-refractivity contribution in [1.82, 2.24) is 0 Å². The number of para-hydroxylation sites is 1. The second kappa shape index (κ2) is 9.90. The summed E-state index contributed by atoms with van der Waals surface area (Å²) in [5.41, 5.74) is 0. The van der Waals surface area contributed by atoms with E-state index in [0.717, 1.165) is 37.9 Å². The van der Waals surface area contributed by atoms with Crippen LogP contribution in [0, 0.1) is 11.8 Å². The number of unbranched alkanes of at least 4 members (excludes halogenated alkanes) is 3. The summed E-state index contributed by atoms with van der Waals surface area (Å²) in [6.45, 7) is 0.484. The zero-order valence-electron chi connectivity index (χ0n) is 13.9. The number of aliphatic carboxylic acids is 1. The molecule has 24 heavy (non-hydrogen) atoms. The summed E-state index contributed by atoms with van der Waals surface area (Å²) in [6.07, 6.45) is 5.10. The molecular formula is C19H27ClO4. The maximum Gasteiger partial charge on any atom is 0.303 e. The monoisotopic (exact) mass is 354 g/mol. The van der Waals surface area contributed by atoms with Gasteiger partial charge < -0.3 is 14.9 Å². The van der Waals surface area contributed by atoms with Crippen LogP contribution in [-0.4, -0.2) is 34.3 Å². The van der Waals surface area contributed by atoms with Gasteiger partial charge in [-0.2, -0.15) is 0 Å². The zero-order chi connectivity index (χ0) is 17.4. The fourth-order valence-electron chi connectivity index (χ4n) is 3.48. The van der Waals surface area contributed by atoms with Gasteiger partial charge in [-0.25, -0.2) is 0 Å². The van der Waals surface area contributed by atoms with E-state index in [1.165, 1.54) is 0 Å². The number of alkyl halides is 1. The minimum Gasteiger partial charge on any atom is -0.493 e. The largest absolute Gasteiger partial charge is 0.493 e. The molecule has 1 aromatic carbocycles. The third-order valence-corrected chi connectivity index (χ3v) is 5.34. The average molecular weight is 355 g/mol. The molecule has 5 heteroatoms. The van der Waals surface area contributed by atoms with Crippen molar-refractivity contribution in [2.24, 2.45) is 11.8 Å². The maximum atomic E-state index is 10.5. The first kappa shape index (κ1) is 19.1. The Hall–Kier alpha value is -1.26. The number of halogens is 1. The fraction of sp³-hybridized carbons (Fsp3) is 0.632. The van der Waals surface area contributed by atoms with E-state index in [-0.39, 0.29) is 23.6 Å². The second-order valence-corrected chi connectivity index (χ2v) is 7.18. The highest BCUT2D eigenvalue weighted by Crippen LogP contribution is 2.39. The van der Waals surface area contributed by atoms with E-state index in [1.54, 1.807) is 0 Å². The Labute approximate surface area is 148 Å². The molecule has 4 nitrogen and oxygen atoms in total. The van der Waals surface area contributed by atoms with Gasteiger partial charge in [0.15, 0.2) is 0 Å². The molecule has 2 N–H and O–H groups in total. The Morgan fingerprint density at radius 3 is 2.54 bits per heavy atom. The predicted molar refractivity (Wildman–Crippen MR) is 94.5 cm³/mol. The van der Waals surface area contributed by atoms with Crippen molar-refractivity contribution >= 4 is 17.6 Å². The van der Waals surface area contributed by atoms with E-state index >= 15 is 0 Å². The van der Waals surface area contributed by atoms with E-state index in [0.29, 0.717) is 13.0 Å². The molecule has 0 aliphatic heterocycles. The molecule has 0 spiro atoms. The summed E-state index contributed by atoms with van der Waals surface area (Å²) in [6, 6.07) is 9.63. The van der Waals surface area contributed by atoms with E-state index < -0.39 is 12.1 Å². The quantitative estimate of drug-likeness (QED) is 0.490. The Morgan fingerprint density at radius 1 is 1.12 bits per heavy atom. The lowest BCUT2D eigenvalue weighted by Crippen LogP contribution is -2.27.